The SMILES string of the molecule is CCNc1ncc(Br)c(N(CCO)C2CCC2)n1. The number of hydrogen-bond donors (Lipinski definition) is 2. The van der Waals surface area contributed by atoms with Crippen LogP contribution >= 0.6 is 15.9 Å². The maximum atomic E-state index is 9.21. The van der Waals surface area contributed by atoms with E-state index in [1.807, 2.05) is 6.92 Å². The molecule has 1 saturated carbocycles. The summed E-state index contributed by atoms with van der Waals surface area (Å²) in [5.74, 6) is 1.51. The van der Waals surface area contributed by atoms with Crippen molar-refractivity contribution in [2.75, 3.05) is 29.9 Å². The molecule has 0 atom stereocenters. The standard InChI is InChI=1S/C12H19BrN4O/c1-2-14-12-15-8-10(13)11(16-12)17(6-7-18)9-4-3-5-9/h8-9,18H,2-7H2,1H3,(H,14,15,16). The summed E-state index contributed by atoms with van der Waals surface area (Å²) in [5, 5.41) is 12.3. The summed E-state index contributed by atoms with van der Waals surface area (Å²) in [6.45, 7) is 3.57. The van der Waals surface area contributed by atoms with E-state index < -0.39 is 0 Å². The highest BCUT2D eigenvalue weighted by atomic mass is 79.9. The third-order valence-electron chi connectivity index (χ3n) is 3.19. The van der Waals surface area contributed by atoms with Crippen LogP contribution in [0, 0.1) is 0 Å². The number of halogens is 1. The lowest BCUT2D eigenvalue weighted by Gasteiger charge is -2.38. The molecule has 2 rings (SSSR count). The van der Waals surface area contributed by atoms with Gasteiger partial charge in [0.1, 0.15) is 5.82 Å². The van der Waals surface area contributed by atoms with E-state index in [2.05, 4.69) is 36.1 Å². The Kier molecular flexibility index (Phi) is 4.77. The molecule has 1 aromatic rings. The number of rotatable bonds is 6. The molecule has 1 heterocycles. The molecule has 2 N–H and O–H groups in total. The largest absolute Gasteiger partial charge is 0.395 e. The van der Waals surface area contributed by atoms with Gasteiger partial charge in [0.05, 0.1) is 11.1 Å². The Hall–Kier alpha value is -0.880. The lowest BCUT2D eigenvalue weighted by molar-refractivity contribution is 0.283. The number of nitrogens with zero attached hydrogens (tertiary/aromatic N) is 3. The minimum absolute atomic E-state index is 0.142. The van der Waals surface area contributed by atoms with E-state index in [-0.39, 0.29) is 6.61 Å². The van der Waals surface area contributed by atoms with Crippen LogP contribution in [0.25, 0.3) is 0 Å². The predicted molar refractivity (Wildman–Crippen MR) is 76.0 cm³/mol. The first kappa shape index (κ1) is 13.5. The summed E-state index contributed by atoms with van der Waals surface area (Å²) in [6, 6.07) is 0.498. The van der Waals surface area contributed by atoms with Gasteiger partial charge in [0, 0.05) is 25.3 Å². The van der Waals surface area contributed by atoms with E-state index in [4.69, 9.17) is 0 Å². The minimum atomic E-state index is 0.142. The second-order valence-electron chi connectivity index (χ2n) is 4.40. The average molecular weight is 315 g/mol. The van der Waals surface area contributed by atoms with Gasteiger partial charge in [-0.2, -0.15) is 4.98 Å². The van der Waals surface area contributed by atoms with Gasteiger partial charge in [-0.15, -0.1) is 0 Å². The van der Waals surface area contributed by atoms with Crippen LogP contribution in [0.15, 0.2) is 10.7 Å². The van der Waals surface area contributed by atoms with Crippen LogP contribution in [-0.2, 0) is 0 Å². The van der Waals surface area contributed by atoms with Crippen molar-refractivity contribution in [1.29, 1.82) is 0 Å². The van der Waals surface area contributed by atoms with Crippen LogP contribution in [0.5, 0.6) is 0 Å². The highest BCUT2D eigenvalue weighted by Crippen LogP contribution is 2.32. The fraction of sp³-hybridized carbons (Fsp3) is 0.667. The van der Waals surface area contributed by atoms with Crippen molar-refractivity contribution in [3.8, 4) is 0 Å². The predicted octanol–water partition coefficient (Wildman–Crippen LogP) is 2.02. The summed E-state index contributed by atoms with van der Waals surface area (Å²) in [5.41, 5.74) is 0. The fourth-order valence-corrected chi connectivity index (χ4v) is 2.49. The first-order valence-electron chi connectivity index (χ1n) is 6.40. The molecule has 0 aromatic carbocycles. The van der Waals surface area contributed by atoms with Crippen LogP contribution in [0.2, 0.25) is 0 Å². The van der Waals surface area contributed by atoms with Crippen molar-refractivity contribution >= 4 is 27.7 Å². The molecular weight excluding hydrogens is 296 g/mol. The van der Waals surface area contributed by atoms with Crippen LogP contribution in [-0.4, -0.2) is 40.8 Å². The molecule has 0 saturated heterocycles. The third-order valence-corrected chi connectivity index (χ3v) is 3.75. The van der Waals surface area contributed by atoms with Crippen LogP contribution < -0.4 is 10.2 Å². The normalized spacial score (nSPS) is 15.3. The van der Waals surface area contributed by atoms with Crippen molar-refractivity contribution < 1.29 is 5.11 Å². The van der Waals surface area contributed by atoms with Crippen LogP contribution in [0.4, 0.5) is 11.8 Å². The Bertz CT molecular complexity index is 398. The lowest BCUT2D eigenvalue weighted by atomic mass is 9.91. The van der Waals surface area contributed by atoms with Gasteiger partial charge in [0.15, 0.2) is 0 Å². The van der Waals surface area contributed by atoms with Crippen molar-refractivity contribution in [2.45, 2.75) is 32.2 Å². The second-order valence-corrected chi connectivity index (χ2v) is 5.25. The summed E-state index contributed by atoms with van der Waals surface area (Å²) >= 11 is 3.50. The molecule has 5 nitrogen and oxygen atoms in total. The van der Waals surface area contributed by atoms with E-state index in [0.29, 0.717) is 18.5 Å². The fourth-order valence-electron chi connectivity index (χ4n) is 2.07. The molecule has 100 valence electrons. The minimum Gasteiger partial charge on any atom is -0.395 e. The molecular formula is C12H19BrN4O. The zero-order valence-electron chi connectivity index (χ0n) is 10.6. The van der Waals surface area contributed by atoms with Crippen LogP contribution in [0.3, 0.4) is 0 Å². The Balaban J connectivity index is 2.23. The van der Waals surface area contributed by atoms with Gasteiger partial charge in [0.25, 0.3) is 0 Å². The Morgan fingerprint density at radius 2 is 2.33 bits per heavy atom. The Labute approximate surface area is 116 Å². The van der Waals surface area contributed by atoms with E-state index in [1.54, 1.807) is 6.20 Å². The highest BCUT2D eigenvalue weighted by molar-refractivity contribution is 9.10. The summed E-state index contributed by atoms with van der Waals surface area (Å²) in [6.07, 6.45) is 5.37. The van der Waals surface area contributed by atoms with Crippen molar-refractivity contribution in [3.63, 3.8) is 0 Å². The van der Waals surface area contributed by atoms with Gasteiger partial charge in [0.2, 0.25) is 5.95 Å². The number of aliphatic hydroxyl groups is 1. The zero-order chi connectivity index (χ0) is 13.0. The summed E-state index contributed by atoms with van der Waals surface area (Å²) < 4.78 is 0.879. The van der Waals surface area contributed by atoms with E-state index in [0.717, 1.165) is 16.8 Å². The van der Waals surface area contributed by atoms with Crippen molar-refractivity contribution in [1.82, 2.24) is 9.97 Å². The number of aromatic nitrogens is 2. The molecule has 0 bridgehead atoms. The molecule has 0 amide bonds. The van der Waals surface area contributed by atoms with E-state index in [1.165, 1.54) is 19.3 Å². The molecule has 1 aromatic heterocycles. The maximum Gasteiger partial charge on any atom is 0.224 e. The zero-order valence-corrected chi connectivity index (χ0v) is 12.2. The molecule has 0 radical (unpaired) electrons. The Morgan fingerprint density at radius 3 is 2.89 bits per heavy atom. The first-order chi connectivity index (χ1) is 8.76. The number of hydrogen-bond acceptors (Lipinski definition) is 5. The molecule has 1 fully saturated rings. The molecule has 6 heteroatoms. The number of anilines is 2. The third kappa shape index (κ3) is 2.92. The smallest absolute Gasteiger partial charge is 0.224 e. The lowest BCUT2D eigenvalue weighted by Crippen LogP contribution is -2.42. The highest BCUT2D eigenvalue weighted by Gasteiger charge is 2.27. The van der Waals surface area contributed by atoms with E-state index in [9.17, 15) is 5.11 Å². The van der Waals surface area contributed by atoms with Gasteiger partial charge in [-0.1, -0.05) is 0 Å². The van der Waals surface area contributed by atoms with Gasteiger partial charge < -0.3 is 15.3 Å². The number of nitrogens with one attached hydrogen (secondary N) is 1. The van der Waals surface area contributed by atoms with Crippen molar-refractivity contribution in [3.05, 3.63) is 10.7 Å². The summed E-state index contributed by atoms with van der Waals surface area (Å²) in [7, 11) is 0. The average Bonchev–Trinajstić information content (AvgIpc) is 2.29. The molecule has 0 spiro atoms. The molecule has 0 aliphatic heterocycles. The van der Waals surface area contributed by atoms with Gasteiger partial charge in [-0.25, -0.2) is 4.98 Å². The molecule has 18 heavy (non-hydrogen) atoms. The topological polar surface area (TPSA) is 61.3 Å². The molecule has 1 aliphatic rings. The van der Waals surface area contributed by atoms with Crippen LogP contribution in [0.1, 0.15) is 26.2 Å². The monoisotopic (exact) mass is 314 g/mol. The summed E-state index contributed by atoms with van der Waals surface area (Å²) in [4.78, 5) is 10.9. The van der Waals surface area contributed by atoms with Gasteiger partial charge >= 0.3 is 0 Å². The van der Waals surface area contributed by atoms with Gasteiger partial charge in [-0.05, 0) is 42.1 Å². The van der Waals surface area contributed by atoms with Gasteiger partial charge in [-0.3, -0.25) is 0 Å². The van der Waals surface area contributed by atoms with Crippen molar-refractivity contribution in [2.24, 2.45) is 0 Å². The quantitative estimate of drug-likeness (QED) is 0.841. The maximum absolute atomic E-state index is 9.21. The number of aliphatic hydroxyl groups excluding tert-OH is 1. The molecule has 1 aliphatic carbocycles. The first-order valence-corrected chi connectivity index (χ1v) is 7.19. The molecule has 0 unspecified atom stereocenters. The Morgan fingerprint density at radius 1 is 1.56 bits per heavy atom. The van der Waals surface area contributed by atoms with E-state index >= 15 is 0 Å². The second kappa shape index (κ2) is 6.33.